The fraction of sp³-hybridized carbons (Fsp3) is 0.562. The molecule has 1 aromatic carbocycles. The van der Waals surface area contributed by atoms with Crippen LogP contribution in [0.3, 0.4) is 0 Å². The van der Waals surface area contributed by atoms with Crippen molar-refractivity contribution in [3.63, 3.8) is 0 Å². The summed E-state index contributed by atoms with van der Waals surface area (Å²) < 4.78 is 18.1. The number of hydrogen-bond acceptors (Lipinski definition) is 2. The number of benzene rings is 1. The van der Waals surface area contributed by atoms with Crippen LogP contribution >= 0.6 is 0 Å². The summed E-state index contributed by atoms with van der Waals surface area (Å²) in [6.07, 6.45) is 1.76. The minimum absolute atomic E-state index is 0.198. The van der Waals surface area contributed by atoms with Crippen molar-refractivity contribution >= 4 is 5.96 Å². The highest BCUT2D eigenvalue weighted by Gasteiger charge is 1.98. The molecule has 21 heavy (non-hydrogen) atoms. The molecule has 2 N–H and O–H groups in total. The molecule has 0 amide bonds. The Kier molecular flexibility index (Phi) is 9.20. The van der Waals surface area contributed by atoms with Gasteiger partial charge in [-0.15, -0.1) is 0 Å². The Balaban J connectivity index is 2.29. The van der Waals surface area contributed by atoms with Gasteiger partial charge < -0.3 is 15.4 Å². The van der Waals surface area contributed by atoms with Gasteiger partial charge in [0.2, 0.25) is 0 Å². The van der Waals surface area contributed by atoms with Gasteiger partial charge in [-0.25, -0.2) is 4.39 Å². The van der Waals surface area contributed by atoms with E-state index in [0.29, 0.717) is 0 Å². The smallest absolute Gasteiger partial charge is 0.191 e. The van der Waals surface area contributed by atoms with Crippen molar-refractivity contribution < 1.29 is 9.13 Å². The van der Waals surface area contributed by atoms with Gasteiger partial charge in [0.1, 0.15) is 5.82 Å². The molecule has 0 saturated carbocycles. The van der Waals surface area contributed by atoms with E-state index in [1.165, 1.54) is 12.1 Å². The highest BCUT2D eigenvalue weighted by atomic mass is 19.1. The first-order chi connectivity index (χ1) is 10.3. The molecule has 0 spiro atoms. The van der Waals surface area contributed by atoms with Gasteiger partial charge in [0.25, 0.3) is 0 Å². The summed E-state index contributed by atoms with van der Waals surface area (Å²) in [5.41, 5.74) is 1.11. The molecule has 118 valence electrons. The van der Waals surface area contributed by atoms with E-state index in [1.54, 1.807) is 0 Å². The van der Waals surface area contributed by atoms with Crippen LogP contribution in [0.5, 0.6) is 0 Å². The van der Waals surface area contributed by atoms with Crippen molar-refractivity contribution in [2.24, 2.45) is 4.99 Å². The summed E-state index contributed by atoms with van der Waals surface area (Å²) in [6, 6.07) is 6.59. The lowest BCUT2D eigenvalue weighted by molar-refractivity contribution is 0.146. The molecule has 0 atom stereocenters. The van der Waals surface area contributed by atoms with E-state index in [4.69, 9.17) is 4.74 Å². The van der Waals surface area contributed by atoms with Gasteiger partial charge in [0.15, 0.2) is 5.96 Å². The molecule has 0 unspecified atom stereocenters. The van der Waals surface area contributed by atoms with E-state index < -0.39 is 0 Å². The Morgan fingerprint density at radius 1 is 1.19 bits per heavy atom. The van der Waals surface area contributed by atoms with Gasteiger partial charge in [-0.1, -0.05) is 12.1 Å². The lowest BCUT2D eigenvalue weighted by atomic mass is 10.1. The average Bonchev–Trinajstić information content (AvgIpc) is 2.49. The second-order valence-electron chi connectivity index (χ2n) is 4.61. The van der Waals surface area contributed by atoms with Crippen molar-refractivity contribution in [1.29, 1.82) is 0 Å². The number of nitrogens with one attached hydrogen (secondary N) is 2. The zero-order chi connectivity index (χ0) is 15.3. The van der Waals surface area contributed by atoms with Crippen LogP contribution in [-0.2, 0) is 11.2 Å². The molecule has 0 aliphatic rings. The zero-order valence-corrected chi connectivity index (χ0v) is 13.0. The Morgan fingerprint density at radius 3 is 2.62 bits per heavy atom. The lowest BCUT2D eigenvalue weighted by Gasteiger charge is -2.11. The third-order valence-corrected chi connectivity index (χ3v) is 2.88. The van der Waals surface area contributed by atoms with E-state index in [1.807, 2.05) is 26.0 Å². The fourth-order valence-corrected chi connectivity index (χ4v) is 1.82. The quantitative estimate of drug-likeness (QED) is 0.417. The van der Waals surface area contributed by atoms with Crippen LogP contribution < -0.4 is 10.6 Å². The van der Waals surface area contributed by atoms with E-state index in [0.717, 1.165) is 57.2 Å². The van der Waals surface area contributed by atoms with Crippen molar-refractivity contribution in [3.05, 3.63) is 35.6 Å². The molecule has 0 saturated heterocycles. The predicted octanol–water partition coefficient (Wildman–Crippen LogP) is 2.35. The van der Waals surface area contributed by atoms with Gasteiger partial charge in [0.05, 0.1) is 0 Å². The third kappa shape index (κ3) is 8.30. The largest absolute Gasteiger partial charge is 0.382 e. The maximum atomic E-state index is 12.8. The van der Waals surface area contributed by atoms with Crippen molar-refractivity contribution in [3.8, 4) is 0 Å². The van der Waals surface area contributed by atoms with Crippen LogP contribution in [0.4, 0.5) is 4.39 Å². The summed E-state index contributed by atoms with van der Waals surface area (Å²) in [5.74, 6) is 0.618. The first kappa shape index (κ1) is 17.4. The van der Waals surface area contributed by atoms with Crippen molar-refractivity contribution in [1.82, 2.24) is 10.6 Å². The summed E-state index contributed by atoms with van der Waals surface area (Å²) >= 11 is 0. The van der Waals surface area contributed by atoms with Gasteiger partial charge >= 0.3 is 0 Å². The molecule has 0 fully saturated rings. The van der Waals surface area contributed by atoms with E-state index in [-0.39, 0.29) is 5.82 Å². The Bertz CT molecular complexity index is 406. The number of hydrogen-bond donors (Lipinski definition) is 2. The Labute approximate surface area is 126 Å². The SMILES string of the molecule is CCNC(=NCCCOCC)NCCc1ccc(F)cc1. The molecule has 0 aliphatic heterocycles. The summed E-state index contributed by atoms with van der Waals surface area (Å²) in [5, 5.41) is 6.49. The monoisotopic (exact) mass is 295 g/mol. The predicted molar refractivity (Wildman–Crippen MR) is 85.2 cm³/mol. The van der Waals surface area contributed by atoms with Crippen LogP contribution in [0.1, 0.15) is 25.8 Å². The number of halogens is 1. The molecule has 1 rings (SSSR count). The van der Waals surface area contributed by atoms with Crippen molar-refractivity contribution in [2.45, 2.75) is 26.7 Å². The van der Waals surface area contributed by atoms with Crippen LogP contribution in [0.15, 0.2) is 29.3 Å². The summed E-state index contributed by atoms with van der Waals surface area (Å²) in [6.45, 7) is 7.86. The van der Waals surface area contributed by atoms with E-state index in [2.05, 4.69) is 15.6 Å². The topological polar surface area (TPSA) is 45.7 Å². The zero-order valence-electron chi connectivity index (χ0n) is 13.0. The molecule has 0 aromatic heterocycles. The number of rotatable bonds is 9. The van der Waals surface area contributed by atoms with Crippen LogP contribution in [0.25, 0.3) is 0 Å². The van der Waals surface area contributed by atoms with Crippen LogP contribution in [-0.4, -0.2) is 38.8 Å². The number of aliphatic imine (C=N–C) groups is 1. The van der Waals surface area contributed by atoms with Gasteiger partial charge in [-0.2, -0.15) is 0 Å². The minimum Gasteiger partial charge on any atom is -0.382 e. The molecule has 5 heteroatoms. The summed E-state index contributed by atoms with van der Waals surface area (Å²) in [7, 11) is 0. The van der Waals surface area contributed by atoms with Crippen LogP contribution in [0, 0.1) is 5.82 Å². The average molecular weight is 295 g/mol. The third-order valence-electron chi connectivity index (χ3n) is 2.88. The number of nitrogens with zero attached hydrogens (tertiary/aromatic N) is 1. The highest BCUT2D eigenvalue weighted by molar-refractivity contribution is 5.79. The second-order valence-corrected chi connectivity index (χ2v) is 4.61. The minimum atomic E-state index is -0.198. The maximum absolute atomic E-state index is 12.8. The molecule has 4 nitrogen and oxygen atoms in total. The molecule has 0 heterocycles. The Morgan fingerprint density at radius 2 is 1.95 bits per heavy atom. The molecule has 0 aliphatic carbocycles. The van der Waals surface area contributed by atoms with E-state index in [9.17, 15) is 4.39 Å². The first-order valence-electron chi connectivity index (χ1n) is 7.60. The van der Waals surface area contributed by atoms with Gasteiger partial charge in [0, 0.05) is 32.8 Å². The molecule has 0 bridgehead atoms. The highest BCUT2D eigenvalue weighted by Crippen LogP contribution is 2.02. The molecule has 0 radical (unpaired) electrons. The lowest BCUT2D eigenvalue weighted by Crippen LogP contribution is -2.38. The molecular weight excluding hydrogens is 269 g/mol. The normalized spacial score (nSPS) is 11.5. The summed E-state index contributed by atoms with van der Waals surface area (Å²) in [4.78, 5) is 4.49. The molecular formula is C16H26FN3O. The number of guanidine groups is 1. The Hall–Kier alpha value is -1.62. The molecule has 1 aromatic rings. The van der Waals surface area contributed by atoms with Crippen molar-refractivity contribution in [2.75, 3.05) is 32.8 Å². The fourth-order valence-electron chi connectivity index (χ4n) is 1.82. The second kappa shape index (κ2) is 11.1. The van der Waals surface area contributed by atoms with Gasteiger partial charge in [-0.3, -0.25) is 4.99 Å². The van der Waals surface area contributed by atoms with E-state index >= 15 is 0 Å². The number of ether oxygens (including phenoxy) is 1. The van der Waals surface area contributed by atoms with Crippen LogP contribution in [0.2, 0.25) is 0 Å². The standard InChI is InChI=1S/C16H26FN3O/c1-3-18-16(19-11-5-13-21-4-2)20-12-10-14-6-8-15(17)9-7-14/h6-9H,3-5,10-13H2,1-2H3,(H2,18,19,20). The maximum Gasteiger partial charge on any atom is 0.191 e. The first-order valence-corrected chi connectivity index (χ1v) is 7.60. The van der Waals surface area contributed by atoms with Gasteiger partial charge in [-0.05, 0) is 44.4 Å².